The summed E-state index contributed by atoms with van der Waals surface area (Å²) in [4.78, 5) is 12.3. The largest absolute Gasteiger partial charge is 0.324 e. The molecule has 1 amide bonds. The van der Waals surface area contributed by atoms with Crippen molar-refractivity contribution in [1.29, 1.82) is 0 Å². The molecule has 0 aliphatic heterocycles. The molecule has 3 rings (SSSR count). The molecule has 0 heterocycles. The molecule has 0 aromatic heterocycles. The average Bonchev–Trinajstić information content (AvgIpc) is 2.60. The van der Waals surface area contributed by atoms with Gasteiger partial charge in [-0.15, -0.1) is 0 Å². The molecule has 3 aromatic rings. The van der Waals surface area contributed by atoms with Gasteiger partial charge in [0.25, 0.3) is 0 Å². The molecule has 0 fully saturated rings. The Morgan fingerprint density at radius 1 is 1.04 bits per heavy atom. The van der Waals surface area contributed by atoms with Crippen molar-refractivity contribution in [2.45, 2.75) is 13.0 Å². The lowest BCUT2D eigenvalue weighted by Gasteiger charge is -2.15. The van der Waals surface area contributed by atoms with Crippen molar-refractivity contribution >= 4 is 34.0 Å². The number of nitrogens with one attached hydrogen (secondary N) is 2. The standard InChI is InChI=1S/C20H19ClN2O/c1-14(16-8-4-9-17(21)12-16)22-13-20(24)23-19-11-5-7-15-6-2-3-10-18(15)19/h2-12,14,22H,13H2,1H3,(H,23,24)/t14-/m0/s1. The number of anilines is 1. The zero-order valence-electron chi connectivity index (χ0n) is 13.4. The number of carbonyl (C=O) groups is 1. The number of hydrogen-bond acceptors (Lipinski definition) is 2. The van der Waals surface area contributed by atoms with E-state index in [0.717, 1.165) is 22.0 Å². The third-order valence-electron chi connectivity index (χ3n) is 3.98. The van der Waals surface area contributed by atoms with Crippen molar-refractivity contribution in [1.82, 2.24) is 5.32 Å². The maximum atomic E-state index is 12.3. The molecule has 122 valence electrons. The monoisotopic (exact) mass is 338 g/mol. The third kappa shape index (κ3) is 3.94. The van der Waals surface area contributed by atoms with Gasteiger partial charge in [0, 0.05) is 22.1 Å². The van der Waals surface area contributed by atoms with E-state index in [1.54, 1.807) is 0 Å². The predicted molar refractivity (Wildman–Crippen MR) is 100 cm³/mol. The Kier molecular flexibility index (Phi) is 5.14. The van der Waals surface area contributed by atoms with Gasteiger partial charge in [0.15, 0.2) is 0 Å². The van der Waals surface area contributed by atoms with Gasteiger partial charge in [-0.05, 0) is 36.1 Å². The van der Waals surface area contributed by atoms with Gasteiger partial charge in [0.1, 0.15) is 0 Å². The van der Waals surface area contributed by atoms with Crippen LogP contribution in [0.25, 0.3) is 10.8 Å². The normalized spacial score (nSPS) is 12.1. The first-order chi connectivity index (χ1) is 11.6. The van der Waals surface area contributed by atoms with E-state index >= 15 is 0 Å². The van der Waals surface area contributed by atoms with Crippen LogP contribution in [-0.2, 0) is 4.79 Å². The highest BCUT2D eigenvalue weighted by molar-refractivity contribution is 6.30. The molecular weight excluding hydrogens is 320 g/mol. The van der Waals surface area contributed by atoms with Crippen molar-refractivity contribution in [2.75, 3.05) is 11.9 Å². The highest BCUT2D eigenvalue weighted by atomic mass is 35.5. The fourth-order valence-corrected chi connectivity index (χ4v) is 2.87. The number of hydrogen-bond donors (Lipinski definition) is 2. The lowest BCUT2D eigenvalue weighted by Crippen LogP contribution is -2.30. The van der Waals surface area contributed by atoms with E-state index in [1.165, 1.54) is 0 Å². The summed E-state index contributed by atoms with van der Waals surface area (Å²) in [6.45, 7) is 2.24. The second kappa shape index (κ2) is 7.47. The predicted octanol–water partition coefficient (Wildman–Crippen LogP) is 4.78. The van der Waals surface area contributed by atoms with Crippen molar-refractivity contribution < 1.29 is 4.79 Å². The molecule has 3 aromatic carbocycles. The number of rotatable bonds is 5. The molecule has 0 spiro atoms. The Morgan fingerprint density at radius 2 is 1.79 bits per heavy atom. The van der Waals surface area contributed by atoms with Crippen LogP contribution in [0.15, 0.2) is 66.7 Å². The number of amides is 1. The molecule has 0 saturated heterocycles. The van der Waals surface area contributed by atoms with Crippen LogP contribution in [0.4, 0.5) is 5.69 Å². The minimum Gasteiger partial charge on any atom is -0.324 e. The van der Waals surface area contributed by atoms with Crippen molar-refractivity contribution in [2.24, 2.45) is 0 Å². The van der Waals surface area contributed by atoms with E-state index in [9.17, 15) is 4.79 Å². The highest BCUT2D eigenvalue weighted by Crippen LogP contribution is 2.23. The minimum absolute atomic E-state index is 0.0435. The molecule has 24 heavy (non-hydrogen) atoms. The van der Waals surface area contributed by atoms with E-state index in [4.69, 9.17) is 11.6 Å². The van der Waals surface area contributed by atoms with Gasteiger partial charge in [0.05, 0.1) is 6.54 Å². The zero-order chi connectivity index (χ0) is 16.9. The summed E-state index contributed by atoms with van der Waals surface area (Å²) >= 11 is 6.01. The van der Waals surface area contributed by atoms with Gasteiger partial charge in [0.2, 0.25) is 5.91 Å². The molecule has 1 atom stereocenters. The highest BCUT2D eigenvalue weighted by Gasteiger charge is 2.09. The van der Waals surface area contributed by atoms with Crippen LogP contribution < -0.4 is 10.6 Å². The van der Waals surface area contributed by atoms with E-state index in [-0.39, 0.29) is 18.5 Å². The van der Waals surface area contributed by atoms with E-state index in [0.29, 0.717) is 5.02 Å². The minimum atomic E-state index is -0.0692. The summed E-state index contributed by atoms with van der Waals surface area (Å²) in [6, 6.07) is 21.6. The second-order valence-corrected chi connectivity index (χ2v) is 6.17. The number of carbonyl (C=O) groups excluding carboxylic acids is 1. The number of fused-ring (bicyclic) bond motifs is 1. The smallest absolute Gasteiger partial charge is 0.238 e. The van der Waals surface area contributed by atoms with Gasteiger partial charge < -0.3 is 10.6 Å². The molecule has 0 unspecified atom stereocenters. The van der Waals surface area contributed by atoms with Crippen LogP contribution in [0.1, 0.15) is 18.5 Å². The van der Waals surface area contributed by atoms with Crippen LogP contribution in [0.2, 0.25) is 5.02 Å². The Labute approximate surface area is 146 Å². The van der Waals surface area contributed by atoms with E-state index in [1.807, 2.05) is 73.7 Å². The maximum absolute atomic E-state index is 12.3. The molecule has 0 bridgehead atoms. The summed E-state index contributed by atoms with van der Waals surface area (Å²) in [6.07, 6.45) is 0. The number of halogens is 1. The molecule has 2 N–H and O–H groups in total. The van der Waals surface area contributed by atoms with Crippen LogP contribution >= 0.6 is 11.6 Å². The quantitative estimate of drug-likeness (QED) is 0.702. The van der Waals surface area contributed by atoms with Crippen molar-refractivity contribution in [3.63, 3.8) is 0 Å². The molecule has 0 aliphatic carbocycles. The van der Waals surface area contributed by atoms with Crippen molar-refractivity contribution in [3.8, 4) is 0 Å². The summed E-state index contributed by atoms with van der Waals surface area (Å²) < 4.78 is 0. The first kappa shape index (κ1) is 16.5. The summed E-state index contributed by atoms with van der Waals surface area (Å²) in [5.74, 6) is -0.0692. The van der Waals surface area contributed by atoms with Crippen LogP contribution in [0.5, 0.6) is 0 Å². The first-order valence-electron chi connectivity index (χ1n) is 7.90. The molecule has 0 saturated carbocycles. The lowest BCUT2D eigenvalue weighted by molar-refractivity contribution is -0.115. The fraction of sp³-hybridized carbons (Fsp3) is 0.150. The molecule has 4 heteroatoms. The Bertz CT molecular complexity index is 858. The molecule has 0 aliphatic rings. The summed E-state index contributed by atoms with van der Waals surface area (Å²) in [5, 5.41) is 9.04. The average molecular weight is 339 g/mol. The first-order valence-corrected chi connectivity index (χ1v) is 8.28. The Balaban J connectivity index is 1.63. The van der Waals surface area contributed by atoms with Gasteiger partial charge >= 0.3 is 0 Å². The summed E-state index contributed by atoms with van der Waals surface area (Å²) in [7, 11) is 0. The van der Waals surface area contributed by atoms with E-state index < -0.39 is 0 Å². The second-order valence-electron chi connectivity index (χ2n) is 5.73. The van der Waals surface area contributed by atoms with Gasteiger partial charge in [-0.1, -0.05) is 60.1 Å². The van der Waals surface area contributed by atoms with Crippen LogP contribution in [0.3, 0.4) is 0 Å². The Hall–Kier alpha value is -2.36. The van der Waals surface area contributed by atoms with E-state index in [2.05, 4.69) is 10.6 Å². The van der Waals surface area contributed by atoms with Gasteiger partial charge in [-0.3, -0.25) is 4.79 Å². The van der Waals surface area contributed by atoms with Gasteiger partial charge in [-0.2, -0.15) is 0 Å². The van der Waals surface area contributed by atoms with Gasteiger partial charge in [-0.25, -0.2) is 0 Å². The lowest BCUT2D eigenvalue weighted by atomic mass is 10.1. The maximum Gasteiger partial charge on any atom is 0.238 e. The summed E-state index contributed by atoms with van der Waals surface area (Å²) in [5.41, 5.74) is 1.88. The topological polar surface area (TPSA) is 41.1 Å². The van der Waals surface area contributed by atoms with Crippen LogP contribution in [0, 0.1) is 0 Å². The molecule has 3 nitrogen and oxygen atoms in total. The zero-order valence-corrected chi connectivity index (χ0v) is 14.2. The fourth-order valence-electron chi connectivity index (χ4n) is 2.67. The molecule has 0 radical (unpaired) electrons. The number of benzene rings is 3. The molecular formula is C20H19ClN2O. The van der Waals surface area contributed by atoms with Crippen molar-refractivity contribution in [3.05, 3.63) is 77.3 Å². The van der Waals surface area contributed by atoms with Crippen LogP contribution in [-0.4, -0.2) is 12.5 Å². The third-order valence-corrected chi connectivity index (χ3v) is 4.22. The Morgan fingerprint density at radius 3 is 2.62 bits per heavy atom. The SMILES string of the molecule is C[C@H](NCC(=O)Nc1cccc2ccccc12)c1cccc(Cl)c1.